The van der Waals surface area contributed by atoms with E-state index in [0.717, 1.165) is 32.7 Å². The molecule has 0 aromatic carbocycles. The Labute approximate surface area is 117 Å². The third kappa shape index (κ3) is 5.42. The van der Waals surface area contributed by atoms with Crippen LogP contribution in [0.2, 0.25) is 0 Å². The Morgan fingerprint density at radius 2 is 1.65 bits per heavy atom. The van der Waals surface area contributed by atoms with Gasteiger partial charge in [0.1, 0.15) is 0 Å². The molecule has 2 unspecified atom stereocenters. The first-order chi connectivity index (χ1) is 7.06. The maximum atomic E-state index is 12.0. The summed E-state index contributed by atoms with van der Waals surface area (Å²) in [5.74, 6) is 0.152. The molecule has 1 saturated heterocycles. The number of hydrogen-bond acceptors (Lipinski definition) is 3. The van der Waals surface area contributed by atoms with Gasteiger partial charge >= 0.3 is 0 Å². The highest BCUT2D eigenvalue weighted by Crippen LogP contribution is 2.09. The average Bonchev–Trinajstić information content (AvgIpc) is 2.27. The Hall–Kier alpha value is -0.0300. The van der Waals surface area contributed by atoms with Gasteiger partial charge in [-0.2, -0.15) is 0 Å². The second kappa shape index (κ2) is 8.97. The van der Waals surface area contributed by atoms with Crippen molar-refractivity contribution < 1.29 is 4.79 Å². The Kier molecular flexibility index (Phi) is 10.2. The van der Waals surface area contributed by atoms with E-state index in [1.54, 1.807) is 0 Å². The van der Waals surface area contributed by atoms with Crippen LogP contribution in [0.25, 0.3) is 0 Å². The molecule has 104 valence electrons. The summed E-state index contributed by atoms with van der Waals surface area (Å²) in [5.41, 5.74) is 5.74. The lowest BCUT2D eigenvalue weighted by atomic mass is 10.0. The van der Waals surface area contributed by atoms with Crippen LogP contribution in [0.5, 0.6) is 0 Å². The zero-order valence-electron chi connectivity index (χ0n) is 10.9. The van der Waals surface area contributed by atoms with E-state index >= 15 is 0 Å². The average molecular weight is 286 g/mol. The fourth-order valence-corrected chi connectivity index (χ4v) is 1.80. The number of amides is 1. The van der Waals surface area contributed by atoms with Gasteiger partial charge in [0, 0.05) is 32.2 Å². The summed E-state index contributed by atoms with van der Waals surface area (Å²) in [7, 11) is 0. The van der Waals surface area contributed by atoms with Gasteiger partial charge in [0.15, 0.2) is 0 Å². The van der Waals surface area contributed by atoms with E-state index in [9.17, 15) is 4.79 Å². The SMILES string of the molecule is CCN1CCN(C(=O)C(C)C(C)N)CC1.Cl.Cl. The van der Waals surface area contributed by atoms with Crippen LogP contribution in [0.3, 0.4) is 0 Å². The highest BCUT2D eigenvalue weighted by molar-refractivity contribution is 5.85. The minimum absolute atomic E-state index is 0. The van der Waals surface area contributed by atoms with Gasteiger partial charge in [-0.05, 0) is 13.5 Å². The summed E-state index contributed by atoms with van der Waals surface area (Å²) >= 11 is 0. The summed E-state index contributed by atoms with van der Waals surface area (Å²) in [6.07, 6.45) is 0. The number of nitrogens with two attached hydrogens (primary N) is 1. The second-order valence-corrected chi connectivity index (χ2v) is 4.41. The first kappa shape index (κ1) is 19.3. The molecule has 0 saturated carbocycles. The summed E-state index contributed by atoms with van der Waals surface area (Å²) in [6, 6.07) is -0.0540. The molecule has 0 aromatic heterocycles. The van der Waals surface area contributed by atoms with Crippen molar-refractivity contribution in [2.24, 2.45) is 11.7 Å². The molecule has 0 aliphatic carbocycles. The predicted molar refractivity (Wildman–Crippen MR) is 76.0 cm³/mol. The monoisotopic (exact) mass is 285 g/mol. The molecule has 0 aromatic rings. The molecule has 17 heavy (non-hydrogen) atoms. The minimum atomic E-state index is -0.0572. The van der Waals surface area contributed by atoms with Gasteiger partial charge in [-0.1, -0.05) is 13.8 Å². The van der Waals surface area contributed by atoms with Gasteiger partial charge < -0.3 is 15.5 Å². The summed E-state index contributed by atoms with van der Waals surface area (Å²) < 4.78 is 0. The molecule has 1 aliphatic rings. The molecule has 1 rings (SSSR count). The maximum Gasteiger partial charge on any atom is 0.227 e. The quantitative estimate of drug-likeness (QED) is 0.841. The van der Waals surface area contributed by atoms with Crippen LogP contribution in [-0.2, 0) is 4.79 Å². The maximum absolute atomic E-state index is 12.0. The van der Waals surface area contributed by atoms with E-state index in [0.29, 0.717) is 0 Å². The number of carbonyl (C=O) groups is 1. The fraction of sp³-hybridized carbons (Fsp3) is 0.909. The van der Waals surface area contributed by atoms with Crippen molar-refractivity contribution in [3.05, 3.63) is 0 Å². The number of likely N-dealkylation sites (N-methyl/N-ethyl adjacent to an activating group) is 1. The van der Waals surface area contributed by atoms with Crippen molar-refractivity contribution in [2.45, 2.75) is 26.8 Å². The smallest absolute Gasteiger partial charge is 0.227 e. The van der Waals surface area contributed by atoms with Gasteiger partial charge in [0.25, 0.3) is 0 Å². The molecule has 1 fully saturated rings. The van der Waals surface area contributed by atoms with E-state index in [-0.39, 0.29) is 42.7 Å². The standard InChI is InChI=1S/C11H23N3O.2ClH/c1-4-13-5-7-14(8-6-13)11(15)9(2)10(3)12;;/h9-10H,4-8,12H2,1-3H3;2*1H. The summed E-state index contributed by atoms with van der Waals surface area (Å²) in [5, 5.41) is 0. The summed E-state index contributed by atoms with van der Waals surface area (Å²) in [6.45, 7) is 10.7. The zero-order valence-corrected chi connectivity index (χ0v) is 12.5. The lowest BCUT2D eigenvalue weighted by Gasteiger charge is -2.35. The minimum Gasteiger partial charge on any atom is -0.340 e. The van der Waals surface area contributed by atoms with E-state index < -0.39 is 0 Å². The van der Waals surface area contributed by atoms with Crippen molar-refractivity contribution in [2.75, 3.05) is 32.7 Å². The van der Waals surface area contributed by atoms with Crippen LogP contribution >= 0.6 is 24.8 Å². The molecule has 4 nitrogen and oxygen atoms in total. The van der Waals surface area contributed by atoms with Crippen molar-refractivity contribution in [3.8, 4) is 0 Å². The Balaban J connectivity index is 0. The molecule has 2 N–H and O–H groups in total. The fourth-order valence-electron chi connectivity index (χ4n) is 1.80. The molecule has 6 heteroatoms. The van der Waals surface area contributed by atoms with Crippen molar-refractivity contribution in [3.63, 3.8) is 0 Å². The van der Waals surface area contributed by atoms with Gasteiger partial charge in [-0.25, -0.2) is 0 Å². The first-order valence-corrected chi connectivity index (χ1v) is 5.83. The van der Waals surface area contributed by atoms with Crippen molar-refractivity contribution >= 4 is 30.7 Å². The summed E-state index contributed by atoms with van der Waals surface area (Å²) in [4.78, 5) is 16.3. The molecule has 0 spiro atoms. The van der Waals surface area contributed by atoms with Crippen molar-refractivity contribution in [1.82, 2.24) is 9.80 Å². The normalized spacial score (nSPS) is 19.9. The number of carbonyl (C=O) groups excluding carboxylic acids is 1. The molecule has 0 radical (unpaired) electrons. The second-order valence-electron chi connectivity index (χ2n) is 4.41. The van der Waals surface area contributed by atoms with Gasteiger partial charge in [0.05, 0.1) is 5.92 Å². The third-order valence-electron chi connectivity index (χ3n) is 3.31. The molecule has 1 heterocycles. The zero-order chi connectivity index (χ0) is 11.4. The molecule has 2 atom stereocenters. The number of nitrogens with zero attached hydrogens (tertiary/aromatic N) is 2. The highest BCUT2D eigenvalue weighted by Gasteiger charge is 2.25. The van der Waals surface area contributed by atoms with E-state index in [1.807, 2.05) is 18.7 Å². The number of piperazine rings is 1. The van der Waals surface area contributed by atoms with Crippen LogP contribution in [-0.4, -0.2) is 54.5 Å². The van der Waals surface area contributed by atoms with Gasteiger partial charge in [0.2, 0.25) is 5.91 Å². The Morgan fingerprint density at radius 3 is 2.00 bits per heavy atom. The van der Waals surface area contributed by atoms with Crippen molar-refractivity contribution in [1.29, 1.82) is 0 Å². The number of halogens is 2. The highest BCUT2D eigenvalue weighted by atomic mass is 35.5. The third-order valence-corrected chi connectivity index (χ3v) is 3.31. The molecule has 0 bridgehead atoms. The van der Waals surface area contributed by atoms with E-state index in [1.165, 1.54) is 0 Å². The molecule has 1 aliphatic heterocycles. The number of hydrogen-bond donors (Lipinski definition) is 1. The largest absolute Gasteiger partial charge is 0.340 e. The van der Waals surface area contributed by atoms with Gasteiger partial charge in [-0.15, -0.1) is 24.8 Å². The lowest BCUT2D eigenvalue weighted by Crippen LogP contribution is -2.51. The predicted octanol–water partition coefficient (Wildman–Crippen LogP) is 0.977. The van der Waals surface area contributed by atoms with Crippen LogP contribution < -0.4 is 5.73 Å². The van der Waals surface area contributed by atoms with Crippen LogP contribution in [0.15, 0.2) is 0 Å². The Bertz CT molecular complexity index is 219. The number of rotatable bonds is 3. The van der Waals surface area contributed by atoms with Crippen LogP contribution in [0, 0.1) is 5.92 Å². The first-order valence-electron chi connectivity index (χ1n) is 5.83. The van der Waals surface area contributed by atoms with Crippen LogP contribution in [0.1, 0.15) is 20.8 Å². The van der Waals surface area contributed by atoms with Crippen LogP contribution in [0.4, 0.5) is 0 Å². The van der Waals surface area contributed by atoms with E-state index in [4.69, 9.17) is 5.73 Å². The topological polar surface area (TPSA) is 49.6 Å². The Morgan fingerprint density at radius 1 is 1.18 bits per heavy atom. The molecular weight excluding hydrogens is 261 g/mol. The molecular formula is C11H25Cl2N3O. The lowest BCUT2D eigenvalue weighted by molar-refractivity contribution is -0.137. The van der Waals surface area contributed by atoms with E-state index in [2.05, 4.69) is 11.8 Å². The van der Waals surface area contributed by atoms with Gasteiger partial charge in [-0.3, -0.25) is 4.79 Å². The molecule has 1 amide bonds.